The Kier molecular flexibility index (Phi) is 6.80. The summed E-state index contributed by atoms with van der Waals surface area (Å²) in [5.41, 5.74) is -0.519. The summed E-state index contributed by atoms with van der Waals surface area (Å²) in [6.07, 6.45) is 0.347. The van der Waals surface area contributed by atoms with E-state index in [4.69, 9.17) is 9.84 Å². The fourth-order valence-corrected chi connectivity index (χ4v) is 1.45. The predicted molar refractivity (Wildman–Crippen MR) is 64.7 cm³/mol. The maximum atomic E-state index is 11.5. The van der Waals surface area contributed by atoms with E-state index >= 15 is 0 Å². The standard InChI is InChI=1S/C12H23NO4/c1-9(2)17-6-5-13-10(14)7-12(3,4)8-11(15)16/h9H,5-8H2,1-4H3,(H,13,14)(H,15,16). The van der Waals surface area contributed by atoms with E-state index in [9.17, 15) is 9.59 Å². The molecule has 100 valence electrons. The predicted octanol–water partition coefficient (Wildman–Crippen LogP) is 1.42. The zero-order valence-electron chi connectivity index (χ0n) is 11.1. The van der Waals surface area contributed by atoms with Gasteiger partial charge in [-0.3, -0.25) is 9.59 Å². The zero-order chi connectivity index (χ0) is 13.5. The van der Waals surface area contributed by atoms with Gasteiger partial charge in [0.05, 0.1) is 19.1 Å². The van der Waals surface area contributed by atoms with Gasteiger partial charge in [-0.25, -0.2) is 0 Å². The van der Waals surface area contributed by atoms with Gasteiger partial charge in [-0.05, 0) is 19.3 Å². The number of rotatable bonds is 8. The third-order valence-electron chi connectivity index (χ3n) is 2.14. The Labute approximate surface area is 103 Å². The Hall–Kier alpha value is -1.10. The highest BCUT2D eigenvalue weighted by molar-refractivity contribution is 5.77. The van der Waals surface area contributed by atoms with Crippen LogP contribution in [0.1, 0.15) is 40.5 Å². The first-order valence-corrected chi connectivity index (χ1v) is 5.83. The van der Waals surface area contributed by atoms with E-state index in [1.165, 1.54) is 0 Å². The lowest BCUT2D eigenvalue weighted by Crippen LogP contribution is -2.32. The van der Waals surface area contributed by atoms with E-state index < -0.39 is 11.4 Å². The van der Waals surface area contributed by atoms with Gasteiger partial charge < -0.3 is 15.2 Å². The van der Waals surface area contributed by atoms with Crippen LogP contribution in [0.2, 0.25) is 0 Å². The normalized spacial score (nSPS) is 11.6. The quantitative estimate of drug-likeness (QED) is 0.634. The molecule has 0 bridgehead atoms. The molecule has 0 aliphatic heterocycles. The molecule has 0 heterocycles. The first kappa shape index (κ1) is 15.9. The van der Waals surface area contributed by atoms with Gasteiger partial charge in [0.15, 0.2) is 0 Å². The van der Waals surface area contributed by atoms with Crippen molar-refractivity contribution in [1.29, 1.82) is 0 Å². The molecule has 0 aromatic heterocycles. The number of amides is 1. The van der Waals surface area contributed by atoms with Crippen LogP contribution >= 0.6 is 0 Å². The fourth-order valence-electron chi connectivity index (χ4n) is 1.45. The van der Waals surface area contributed by atoms with Crippen LogP contribution in [0.15, 0.2) is 0 Å². The van der Waals surface area contributed by atoms with Crippen LogP contribution < -0.4 is 5.32 Å². The fraction of sp³-hybridized carbons (Fsp3) is 0.833. The van der Waals surface area contributed by atoms with Gasteiger partial charge >= 0.3 is 5.97 Å². The number of carbonyl (C=O) groups is 2. The summed E-state index contributed by atoms with van der Waals surface area (Å²) in [6.45, 7) is 8.33. The van der Waals surface area contributed by atoms with Gasteiger partial charge in [-0.1, -0.05) is 13.8 Å². The van der Waals surface area contributed by atoms with Crippen LogP contribution in [0.5, 0.6) is 0 Å². The number of ether oxygens (including phenoxy) is 1. The molecule has 5 nitrogen and oxygen atoms in total. The highest BCUT2D eigenvalue weighted by Gasteiger charge is 2.24. The average molecular weight is 245 g/mol. The maximum Gasteiger partial charge on any atom is 0.303 e. The van der Waals surface area contributed by atoms with Gasteiger partial charge in [0.1, 0.15) is 0 Å². The molecule has 0 aliphatic carbocycles. The SMILES string of the molecule is CC(C)OCCNC(=O)CC(C)(C)CC(=O)O. The number of nitrogens with one attached hydrogen (secondary N) is 1. The Balaban J connectivity index is 3.81. The van der Waals surface area contributed by atoms with Gasteiger partial charge in [0.2, 0.25) is 5.91 Å². The number of hydrogen-bond donors (Lipinski definition) is 2. The van der Waals surface area contributed by atoms with Gasteiger partial charge in [0, 0.05) is 13.0 Å². The summed E-state index contributed by atoms with van der Waals surface area (Å²) >= 11 is 0. The van der Waals surface area contributed by atoms with Crippen LogP contribution in [0.25, 0.3) is 0 Å². The summed E-state index contributed by atoms with van der Waals surface area (Å²) in [5.74, 6) is -1.02. The molecule has 5 heteroatoms. The first-order chi connectivity index (χ1) is 7.73. The molecule has 17 heavy (non-hydrogen) atoms. The molecule has 0 rings (SSSR count). The Bertz CT molecular complexity index is 261. The van der Waals surface area contributed by atoms with E-state index in [2.05, 4.69) is 5.32 Å². The Morgan fingerprint density at radius 1 is 1.29 bits per heavy atom. The first-order valence-electron chi connectivity index (χ1n) is 5.83. The minimum atomic E-state index is -0.883. The van der Waals surface area contributed by atoms with Crippen molar-refractivity contribution in [2.75, 3.05) is 13.2 Å². The van der Waals surface area contributed by atoms with E-state index in [1.54, 1.807) is 13.8 Å². The Morgan fingerprint density at radius 3 is 2.35 bits per heavy atom. The lowest BCUT2D eigenvalue weighted by Gasteiger charge is -2.21. The van der Waals surface area contributed by atoms with E-state index in [1.807, 2.05) is 13.8 Å². The van der Waals surface area contributed by atoms with Crippen molar-refractivity contribution in [2.24, 2.45) is 5.41 Å². The molecule has 2 N–H and O–H groups in total. The van der Waals surface area contributed by atoms with Crippen molar-refractivity contribution in [3.8, 4) is 0 Å². The molecule has 0 atom stereocenters. The molecule has 0 saturated carbocycles. The van der Waals surface area contributed by atoms with E-state index in [0.717, 1.165) is 0 Å². The van der Waals surface area contributed by atoms with Gasteiger partial charge in [-0.15, -0.1) is 0 Å². The molecule has 0 fully saturated rings. The third kappa shape index (κ3) is 9.81. The second kappa shape index (κ2) is 7.27. The molecular formula is C12H23NO4. The topological polar surface area (TPSA) is 75.6 Å². The number of carbonyl (C=O) groups excluding carboxylic acids is 1. The second-order valence-electron chi connectivity index (χ2n) is 5.18. The lowest BCUT2D eigenvalue weighted by molar-refractivity contribution is -0.139. The number of carboxylic acid groups (broad SMARTS) is 1. The largest absolute Gasteiger partial charge is 0.481 e. The third-order valence-corrected chi connectivity index (χ3v) is 2.14. The minimum Gasteiger partial charge on any atom is -0.481 e. The summed E-state index contributed by atoms with van der Waals surface area (Å²) in [6, 6.07) is 0. The smallest absolute Gasteiger partial charge is 0.303 e. The average Bonchev–Trinajstić information content (AvgIpc) is 2.08. The van der Waals surface area contributed by atoms with Crippen molar-refractivity contribution in [2.45, 2.75) is 46.6 Å². The van der Waals surface area contributed by atoms with Crippen molar-refractivity contribution >= 4 is 11.9 Å². The lowest BCUT2D eigenvalue weighted by atomic mass is 9.85. The van der Waals surface area contributed by atoms with Crippen LogP contribution in [0.3, 0.4) is 0 Å². The summed E-state index contributed by atoms with van der Waals surface area (Å²) in [5, 5.41) is 11.4. The van der Waals surface area contributed by atoms with Crippen LogP contribution in [0.4, 0.5) is 0 Å². The minimum absolute atomic E-state index is 0.0110. The monoisotopic (exact) mass is 245 g/mol. The molecule has 0 saturated heterocycles. The molecule has 0 unspecified atom stereocenters. The van der Waals surface area contributed by atoms with Crippen molar-refractivity contribution in [3.05, 3.63) is 0 Å². The molecule has 0 aliphatic rings. The molecule has 0 aromatic rings. The van der Waals surface area contributed by atoms with Gasteiger partial charge in [0.25, 0.3) is 0 Å². The van der Waals surface area contributed by atoms with Crippen molar-refractivity contribution in [3.63, 3.8) is 0 Å². The second-order valence-corrected chi connectivity index (χ2v) is 5.18. The highest BCUT2D eigenvalue weighted by atomic mass is 16.5. The number of hydrogen-bond acceptors (Lipinski definition) is 3. The van der Waals surface area contributed by atoms with Gasteiger partial charge in [-0.2, -0.15) is 0 Å². The van der Waals surface area contributed by atoms with E-state index in [-0.39, 0.29) is 24.9 Å². The van der Waals surface area contributed by atoms with Crippen molar-refractivity contribution in [1.82, 2.24) is 5.32 Å². The molecule has 1 amide bonds. The highest BCUT2D eigenvalue weighted by Crippen LogP contribution is 2.24. The summed E-state index contributed by atoms with van der Waals surface area (Å²) in [4.78, 5) is 22.1. The molecule has 0 spiro atoms. The Morgan fingerprint density at radius 2 is 1.88 bits per heavy atom. The van der Waals surface area contributed by atoms with Crippen LogP contribution in [-0.4, -0.2) is 36.2 Å². The summed E-state index contributed by atoms with van der Waals surface area (Å²) < 4.78 is 5.28. The number of carboxylic acids is 1. The zero-order valence-corrected chi connectivity index (χ0v) is 11.1. The molecular weight excluding hydrogens is 222 g/mol. The van der Waals surface area contributed by atoms with Crippen LogP contribution in [0, 0.1) is 5.41 Å². The number of aliphatic carboxylic acids is 1. The maximum absolute atomic E-state index is 11.5. The molecule has 0 radical (unpaired) electrons. The van der Waals surface area contributed by atoms with Crippen molar-refractivity contribution < 1.29 is 19.4 Å². The van der Waals surface area contributed by atoms with Crippen LogP contribution in [-0.2, 0) is 14.3 Å². The van der Waals surface area contributed by atoms with E-state index in [0.29, 0.717) is 13.2 Å². The molecule has 0 aromatic carbocycles. The summed E-state index contributed by atoms with van der Waals surface area (Å²) in [7, 11) is 0.